The van der Waals surface area contributed by atoms with Crippen LogP contribution in [0.1, 0.15) is 10.4 Å². The molecule has 1 amide bonds. The van der Waals surface area contributed by atoms with Crippen LogP contribution in [0.2, 0.25) is 0 Å². The van der Waals surface area contributed by atoms with Crippen molar-refractivity contribution in [1.82, 2.24) is 19.6 Å². The van der Waals surface area contributed by atoms with Gasteiger partial charge in [-0.25, -0.2) is 9.36 Å². The molecule has 0 aliphatic rings. The first-order chi connectivity index (χ1) is 13.6. The number of anilines is 1. The number of aromatic nitrogens is 4. The molecule has 138 valence electrons. The molecule has 2 heterocycles. The van der Waals surface area contributed by atoms with Crippen molar-refractivity contribution >= 4 is 17.3 Å². The molecule has 0 aliphatic carbocycles. The van der Waals surface area contributed by atoms with Crippen LogP contribution in [0.4, 0.5) is 11.4 Å². The van der Waals surface area contributed by atoms with Gasteiger partial charge in [0.05, 0.1) is 33.7 Å². The molecule has 28 heavy (non-hydrogen) atoms. The Morgan fingerprint density at radius 1 is 1.00 bits per heavy atom. The van der Waals surface area contributed by atoms with Gasteiger partial charge in [0.15, 0.2) is 0 Å². The van der Waals surface area contributed by atoms with E-state index in [2.05, 4.69) is 15.5 Å². The van der Waals surface area contributed by atoms with Crippen molar-refractivity contribution in [2.24, 2.45) is 0 Å². The molecule has 0 bridgehead atoms. The number of rotatable bonds is 5. The van der Waals surface area contributed by atoms with Gasteiger partial charge >= 0.3 is 0 Å². The van der Waals surface area contributed by atoms with Crippen molar-refractivity contribution in [1.29, 1.82) is 0 Å². The van der Waals surface area contributed by atoms with Gasteiger partial charge in [-0.1, -0.05) is 12.1 Å². The molecule has 0 atom stereocenters. The molecule has 2 aromatic carbocycles. The van der Waals surface area contributed by atoms with Gasteiger partial charge in [0.1, 0.15) is 0 Å². The van der Waals surface area contributed by atoms with Gasteiger partial charge in [-0.15, -0.1) is 0 Å². The molecular formula is C19H14N6O3. The maximum absolute atomic E-state index is 12.6. The first-order valence-electron chi connectivity index (χ1n) is 8.32. The van der Waals surface area contributed by atoms with E-state index in [9.17, 15) is 14.9 Å². The van der Waals surface area contributed by atoms with E-state index in [1.54, 1.807) is 47.5 Å². The number of para-hydroxylation sites is 2. The number of benzene rings is 2. The maximum Gasteiger partial charge on any atom is 0.269 e. The van der Waals surface area contributed by atoms with Crippen molar-refractivity contribution in [2.45, 2.75) is 0 Å². The average molecular weight is 374 g/mol. The molecule has 4 aromatic rings. The number of hydrogen-bond acceptors (Lipinski definition) is 5. The summed E-state index contributed by atoms with van der Waals surface area (Å²) in [5.41, 5.74) is 2.31. The number of nitrogens with one attached hydrogen (secondary N) is 1. The summed E-state index contributed by atoms with van der Waals surface area (Å²) >= 11 is 0. The summed E-state index contributed by atoms with van der Waals surface area (Å²) in [4.78, 5) is 22.9. The highest BCUT2D eigenvalue weighted by molar-refractivity contribution is 6.05. The minimum absolute atomic E-state index is 0.0101. The van der Waals surface area contributed by atoms with Gasteiger partial charge in [0.2, 0.25) is 0 Å². The van der Waals surface area contributed by atoms with E-state index in [0.29, 0.717) is 16.9 Å². The van der Waals surface area contributed by atoms with Crippen LogP contribution in [0.15, 0.2) is 79.4 Å². The molecule has 0 radical (unpaired) electrons. The van der Waals surface area contributed by atoms with Crippen molar-refractivity contribution in [3.63, 3.8) is 0 Å². The van der Waals surface area contributed by atoms with Crippen molar-refractivity contribution in [3.8, 4) is 11.4 Å². The third-order valence-electron chi connectivity index (χ3n) is 4.07. The Morgan fingerprint density at radius 2 is 1.79 bits per heavy atom. The summed E-state index contributed by atoms with van der Waals surface area (Å²) in [5, 5.41) is 22.0. The molecule has 9 nitrogen and oxygen atoms in total. The van der Waals surface area contributed by atoms with Crippen LogP contribution >= 0.6 is 0 Å². The Hall–Kier alpha value is -4.27. The lowest BCUT2D eigenvalue weighted by molar-refractivity contribution is -0.384. The second-order valence-electron chi connectivity index (χ2n) is 5.87. The number of carbonyl (C=O) groups is 1. The lowest BCUT2D eigenvalue weighted by atomic mass is 10.2. The summed E-state index contributed by atoms with van der Waals surface area (Å²) < 4.78 is 3.15. The lowest BCUT2D eigenvalue weighted by Gasteiger charge is -2.10. The highest BCUT2D eigenvalue weighted by atomic mass is 16.6. The fraction of sp³-hybridized carbons (Fsp3) is 0. The van der Waals surface area contributed by atoms with Gasteiger partial charge in [-0.05, 0) is 30.3 Å². The molecule has 0 fully saturated rings. The number of nitrogens with zero attached hydrogens (tertiary/aromatic N) is 5. The molecular weight excluding hydrogens is 360 g/mol. The third kappa shape index (κ3) is 3.36. The van der Waals surface area contributed by atoms with Crippen LogP contribution in [0.3, 0.4) is 0 Å². The standard InChI is InChI=1S/C19H14N6O3/c26-19(22-17-4-1-2-5-18(17)23-11-3-10-20-23)14-12-21-24(13-14)15-6-8-16(9-7-15)25(27)28/h1-13H,(H,22,26). The van der Waals surface area contributed by atoms with Gasteiger partial charge in [-0.3, -0.25) is 14.9 Å². The monoisotopic (exact) mass is 374 g/mol. The molecule has 1 N–H and O–H groups in total. The predicted molar refractivity (Wildman–Crippen MR) is 102 cm³/mol. The molecule has 4 rings (SSSR count). The predicted octanol–water partition coefficient (Wildman–Crippen LogP) is 3.22. The lowest BCUT2D eigenvalue weighted by Crippen LogP contribution is -2.13. The summed E-state index contributed by atoms with van der Waals surface area (Å²) in [7, 11) is 0. The number of nitro benzene ring substituents is 1. The second kappa shape index (κ2) is 7.16. The highest BCUT2D eigenvalue weighted by Crippen LogP contribution is 2.20. The van der Waals surface area contributed by atoms with Crippen LogP contribution in [0, 0.1) is 10.1 Å². The van der Waals surface area contributed by atoms with Crippen LogP contribution in [-0.2, 0) is 0 Å². The molecule has 0 aliphatic heterocycles. The van der Waals surface area contributed by atoms with E-state index in [1.165, 1.54) is 23.0 Å². The minimum atomic E-state index is -0.469. The SMILES string of the molecule is O=C(Nc1ccccc1-n1cccn1)c1cnn(-c2ccc([N+](=O)[O-])cc2)c1. The summed E-state index contributed by atoms with van der Waals surface area (Å²) in [6.45, 7) is 0. The Balaban J connectivity index is 1.55. The quantitative estimate of drug-likeness (QED) is 0.426. The van der Waals surface area contributed by atoms with Crippen LogP contribution in [0.5, 0.6) is 0 Å². The Morgan fingerprint density at radius 3 is 2.50 bits per heavy atom. The van der Waals surface area contributed by atoms with E-state index in [0.717, 1.165) is 5.69 Å². The summed E-state index contributed by atoms with van der Waals surface area (Å²) in [6, 6.07) is 15.0. The van der Waals surface area contributed by atoms with Crippen molar-refractivity contribution in [2.75, 3.05) is 5.32 Å². The smallest absolute Gasteiger partial charge is 0.269 e. The minimum Gasteiger partial charge on any atom is -0.320 e. The van der Waals surface area contributed by atoms with E-state index in [-0.39, 0.29) is 11.6 Å². The van der Waals surface area contributed by atoms with Gasteiger partial charge in [0.25, 0.3) is 11.6 Å². The topological polar surface area (TPSA) is 108 Å². The Bertz CT molecular complexity index is 1130. The number of carbonyl (C=O) groups excluding carboxylic acids is 1. The average Bonchev–Trinajstić information content (AvgIpc) is 3.41. The fourth-order valence-corrected chi connectivity index (χ4v) is 2.69. The maximum atomic E-state index is 12.6. The Labute approximate surface area is 159 Å². The highest BCUT2D eigenvalue weighted by Gasteiger charge is 2.13. The molecule has 9 heteroatoms. The second-order valence-corrected chi connectivity index (χ2v) is 5.87. The van der Waals surface area contributed by atoms with Crippen LogP contribution in [0.25, 0.3) is 11.4 Å². The zero-order valence-electron chi connectivity index (χ0n) is 14.5. The van der Waals surface area contributed by atoms with Gasteiger partial charge in [0, 0.05) is 30.7 Å². The molecule has 2 aromatic heterocycles. The summed E-state index contributed by atoms with van der Waals surface area (Å²) in [6.07, 6.45) is 6.45. The number of hydrogen-bond donors (Lipinski definition) is 1. The van der Waals surface area contributed by atoms with E-state index in [4.69, 9.17) is 0 Å². The van der Waals surface area contributed by atoms with Gasteiger partial charge in [-0.2, -0.15) is 10.2 Å². The largest absolute Gasteiger partial charge is 0.320 e. The first kappa shape index (κ1) is 17.2. The van der Waals surface area contributed by atoms with E-state index >= 15 is 0 Å². The first-order valence-corrected chi connectivity index (χ1v) is 8.32. The van der Waals surface area contributed by atoms with E-state index in [1.807, 2.05) is 18.2 Å². The molecule has 0 saturated carbocycles. The molecule has 0 unspecified atom stereocenters. The van der Waals surface area contributed by atoms with Crippen molar-refractivity contribution in [3.05, 3.63) is 95.1 Å². The van der Waals surface area contributed by atoms with Crippen LogP contribution < -0.4 is 5.32 Å². The number of non-ortho nitro benzene ring substituents is 1. The van der Waals surface area contributed by atoms with E-state index < -0.39 is 4.92 Å². The summed E-state index contributed by atoms with van der Waals surface area (Å²) in [5.74, 6) is -0.326. The van der Waals surface area contributed by atoms with Crippen molar-refractivity contribution < 1.29 is 9.72 Å². The Kier molecular flexibility index (Phi) is 4.38. The molecule has 0 spiro atoms. The normalized spacial score (nSPS) is 10.6. The molecule has 0 saturated heterocycles. The third-order valence-corrected chi connectivity index (χ3v) is 4.07. The van der Waals surface area contributed by atoms with Gasteiger partial charge < -0.3 is 5.32 Å². The van der Waals surface area contributed by atoms with Crippen LogP contribution in [-0.4, -0.2) is 30.4 Å². The zero-order chi connectivity index (χ0) is 19.5. The number of nitro groups is 1. The zero-order valence-corrected chi connectivity index (χ0v) is 14.5. The fourth-order valence-electron chi connectivity index (χ4n) is 2.69. The number of amides is 1.